The molecule has 0 spiro atoms. The quantitative estimate of drug-likeness (QED) is 0.793. The third-order valence-corrected chi connectivity index (χ3v) is 5.36. The van der Waals surface area contributed by atoms with Gasteiger partial charge >= 0.3 is 0 Å². The Morgan fingerprint density at radius 3 is 2.24 bits per heavy atom. The fourth-order valence-corrected chi connectivity index (χ4v) is 3.95. The summed E-state index contributed by atoms with van der Waals surface area (Å²) >= 11 is 3.32. The number of halogens is 1. The molecule has 0 aliphatic heterocycles. The smallest absolute Gasteiger partial charge is 0.245 e. The highest BCUT2D eigenvalue weighted by Crippen LogP contribution is 2.24. The lowest BCUT2D eigenvalue weighted by atomic mass is 10.1. The van der Waals surface area contributed by atoms with E-state index < -0.39 is 10.0 Å². The van der Waals surface area contributed by atoms with Crippen LogP contribution in [-0.2, 0) is 14.8 Å². The molecule has 0 fully saturated rings. The molecule has 0 saturated heterocycles. The van der Waals surface area contributed by atoms with Crippen LogP contribution in [0.4, 0.5) is 11.4 Å². The minimum absolute atomic E-state index is 0.290. The van der Waals surface area contributed by atoms with Gasteiger partial charge in [0.2, 0.25) is 15.9 Å². The maximum Gasteiger partial charge on any atom is 0.245 e. The van der Waals surface area contributed by atoms with Crippen molar-refractivity contribution in [2.24, 2.45) is 0 Å². The molecule has 0 unspecified atom stereocenters. The molecule has 0 saturated carbocycles. The Morgan fingerprint density at radius 1 is 1.12 bits per heavy atom. The van der Waals surface area contributed by atoms with E-state index in [1.807, 2.05) is 32.9 Å². The monoisotopic (exact) mass is 424 g/mol. The lowest BCUT2D eigenvalue weighted by molar-refractivity contribution is -0.114. The van der Waals surface area contributed by atoms with Gasteiger partial charge < -0.3 is 5.32 Å². The number of carbonyl (C=O) groups excluding carboxylic acids is 1. The van der Waals surface area contributed by atoms with Gasteiger partial charge in [-0.05, 0) is 50.1 Å². The summed E-state index contributed by atoms with van der Waals surface area (Å²) in [6.45, 7) is 5.53. The molecule has 0 atom stereocenters. The number of benzene rings is 2. The van der Waals surface area contributed by atoms with Crippen molar-refractivity contribution in [3.8, 4) is 0 Å². The van der Waals surface area contributed by atoms with E-state index in [1.54, 1.807) is 24.3 Å². The summed E-state index contributed by atoms with van der Waals surface area (Å²) in [4.78, 5) is 12.5. The highest BCUT2D eigenvalue weighted by Gasteiger charge is 2.21. The van der Waals surface area contributed by atoms with Crippen molar-refractivity contribution in [1.82, 2.24) is 0 Å². The molecule has 0 radical (unpaired) electrons. The van der Waals surface area contributed by atoms with Crippen LogP contribution in [0.2, 0.25) is 0 Å². The van der Waals surface area contributed by atoms with Crippen LogP contribution in [0.25, 0.3) is 0 Å². The van der Waals surface area contributed by atoms with Crippen molar-refractivity contribution in [1.29, 1.82) is 0 Å². The van der Waals surface area contributed by atoms with Gasteiger partial charge in [0.15, 0.2) is 0 Å². The number of nitrogens with one attached hydrogen (secondary N) is 1. The number of aryl methyl sites for hydroxylation is 3. The van der Waals surface area contributed by atoms with Gasteiger partial charge in [0, 0.05) is 10.2 Å². The van der Waals surface area contributed by atoms with E-state index in [2.05, 4.69) is 21.2 Å². The highest BCUT2D eigenvalue weighted by molar-refractivity contribution is 9.10. The third-order valence-electron chi connectivity index (χ3n) is 3.73. The fraction of sp³-hybridized carbons (Fsp3) is 0.278. The van der Waals surface area contributed by atoms with Crippen LogP contribution in [0.1, 0.15) is 16.7 Å². The Morgan fingerprint density at radius 2 is 1.72 bits per heavy atom. The highest BCUT2D eigenvalue weighted by atomic mass is 79.9. The molecule has 0 heterocycles. The first-order valence-electron chi connectivity index (χ1n) is 7.69. The standard InChI is InChI=1S/C18H21BrN2O3S/c1-12-8-13(2)18(14(3)9-12)20-17(22)11-21(25(4,23)24)16-7-5-6-15(19)10-16/h5-10H,11H2,1-4H3,(H,20,22). The Labute approximate surface area is 157 Å². The number of sulfonamides is 1. The van der Waals surface area contributed by atoms with Crippen LogP contribution in [0.5, 0.6) is 0 Å². The second kappa shape index (κ2) is 7.58. The zero-order chi connectivity index (χ0) is 18.8. The number of nitrogens with zero attached hydrogens (tertiary/aromatic N) is 1. The summed E-state index contributed by atoms with van der Waals surface area (Å²) in [5.41, 5.74) is 4.15. The minimum atomic E-state index is -3.60. The van der Waals surface area contributed by atoms with E-state index in [-0.39, 0.29) is 12.5 Å². The van der Waals surface area contributed by atoms with Gasteiger partial charge in [-0.1, -0.05) is 39.7 Å². The zero-order valence-corrected chi connectivity index (χ0v) is 17.0. The molecule has 2 aromatic carbocycles. The molecule has 1 N–H and O–H groups in total. The number of hydrogen-bond acceptors (Lipinski definition) is 3. The van der Waals surface area contributed by atoms with Crippen molar-refractivity contribution < 1.29 is 13.2 Å². The molecule has 134 valence electrons. The first-order valence-corrected chi connectivity index (χ1v) is 10.3. The van der Waals surface area contributed by atoms with Crippen LogP contribution in [0.15, 0.2) is 40.9 Å². The van der Waals surface area contributed by atoms with Crippen LogP contribution >= 0.6 is 15.9 Å². The van der Waals surface area contributed by atoms with Gasteiger partial charge in [-0.2, -0.15) is 0 Å². The average molecular weight is 425 g/mol. The molecule has 0 bridgehead atoms. The summed E-state index contributed by atoms with van der Waals surface area (Å²) < 4.78 is 26.1. The molecule has 0 aliphatic carbocycles. The molecule has 25 heavy (non-hydrogen) atoms. The van der Waals surface area contributed by atoms with Gasteiger partial charge in [0.25, 0.3) is 0 Å². The molecule has 0 aromatic heterocycles. The first kappa shape index (κ1) is 19.5. The topological polar surface area (TPSA) is 66.5 Å². The van der Waals surface area contributed by atoms with E-state index in [1.165, 1.54) is 0 Å². The molecule has 5 nitrogen and oxygen atoms in total. The SMILES string of the molecule is Cc1cc(C)c(NC(=O)CN(c2cccc(Br)c2)S(C)(=O)=O)c(C)c1. The number of amides is 1. The molecule has 2 rings (SSSR count). The largest absolute Gasteiger partial charge is 0.324 e. The van der Waals surface area contributed by atoms with Crippen molar-refractivity contribution in [2.45, 2.75) is 20.8 Å². The Hall–Kier alpha value is -1.86. The van der Waals surface area contributed by atoms with Crippen LogP contribution in [-0.4, -0.2) is 27.1 Å². The summed E-state index contributed by atoms with van der Waals surface area (Å²) in [6, 6.07) is 10.8. The number of carbonyl (C=O) groups is 1. The summed E-state index contributed by atoms with van der Waals surface area (Å²) in [5.74, 6) is -0.388. The van der Waals surface area contributed by atoms with Gasteiger partial charge in [-0.3, -0.25) is 9.10 Å². The lowest BCUT2D eigenvalue weighted by Crippen LogP contribution is -2.37. The summed E-state index contributed by atoms with van der Waals surface area (Å²) in [7, 11) is -3.60. The normalized spacial score (nSPS) is 11.2. The van der Waals surface area contributed by atoms with E-state index >= 15 is 0 Å². The molecular weight excluding hydrogens is 404 g/mol. The number of hydrogen-bond donors (Lipinski definition) is 1. The number of anilines is 2. The van der Waals surface area contributed by atoms with Gasteiger partial charge in [0.1, 0.15) is 6.54 Å². The van der Waals surface area contributed by atoms with E-state index in [4.69, 9.17) is 0 Å². The predicted molar refractivity (Wildman–Crippen MR) is 106 cm³/mol. The second-order valence-electron chi connectivity index (χ2n) is 6.07. The minimum Gasteiger partial charge on any atom is -0.324 e. The number of rotatable bonds is 5. The lowest BCUT2D eigenvalue weighted by Gasteiger charge is -2.22. The maximum absolute atomic E-state index is 12.5. The van der Waals surface area contributed by atoms with E-state index in [0.29, 0.717) is 5.69 Å². The first-order chi connectivity index (χ1) is 11.6. The van der Waals surface area contributed by atoms with Gasteiger partial charge in [0.05, 0.1) is 11.9 Å². The van der Waals surface area contributed by atoms with Crippen LogP contribution in [0, 0.1) is 20.8 Å². The van der Waals surface area contributed by atoms with Crippen molar-refractivity contribution >= 4 is 43.2 Å². The van der Waals surface area contributed by atoms with Crippen molar-refractivity contribution in [2.75, 3.05) is 22.4 Å². The second-order valence-corrected chi connectivity index (χ2v) is 8.89. The van der Waals surface area contributed by atoms with Crippen molar-refractivity contribution in [3.05, 3.63) is 57.6 Å². The Bertz CT molecular complexity index is 887. The average Bonchev–Trinajstić information content (AvgIpc) is 2.47. The third kappa shape index (κ3) is 5.06. The van der Waals surface area contributed by atoms with Crippen LogP contribution in [0.3, 0.4) is 0 Å². The summed E-state index contributed by atoms with van der Waals surface area (Å²) in [6.07, 6.45) is 1.09. The molecule has 2 aromatic rings. The molecule has 0 aliphatic rings. The van der Waals surface area contributed by atoms with Gasteiger partial charge in [-0.25, -0.2) is 8.42 Å². The molecule has 1 amide bonds. The summed E-state index contributed by atoms with van der Waals surface area (Å²) in [5, 5.41) is 2.84. The van der Waals surface area contributed by atoms with E-state index in [9.17, 15) is 13.2 Å². The Kier molecular flexibility index (Phi) is 5.90. The van der Waals surface area contributed by atoms with Crippen molar-refractivity contribution in [3.63, 3.8) is 0 Å². The van der Waals surface area contributed by atoms with Crippen LogP contribution < -0.4 is 9.62 Å². The molecular formula is C18H21BrN2O3S. The fourth-order valence-electron chi connectivity index (χ4n) is 2.72. The van der Waals surface area contributed by atoms with E-state index in [0.717, 1.165) is 37.4 Å². The Balaban J connectivity index is 2.27. The van der Waals surface area contributed by atoms with Gasteiger partial charge in [-0.15, -0.1) is 0 Å². The molecule has 7 heteroatoms. The maximum atomic E-state index is 12.5. The predicted octanol–water partition coefficient (Wildman–Crippen LogP) is 3.78. The zero-order valence-electron chi connectivity index (χ0n) is 14.6.